The second-order valence-electron chi connectivity index (χ2n) is 5.43. The molecular weight excluding hydrogens is 334 g/mol. The number of Topliss-reactive ketones (excluding diaryl/α,β-unsaturated/α-hetero) is 1. The Morgan fingerprint density at radius 3 is 2.40 bits per heavy atom. The third-order valence-corrected chi connectivity index (χ3v) is 3.40. The summed E-state index contributed by atoms with van der Waals surface area (Å²) in [5.41, 5.74) is -0.545. The highest BCUT2D eigenvalue weighted by molar-refractivity contribution is 5.87. The van der Waals surface area contributed by atoms with Gasteiger partial charge in [0, 0.05) is 21.0 Å². The fourth-order valence-electron chi connectivity index (χ4n) is 2.43. The number of carbonyl (C=O) groups is 3. The number of methoxy groups -OCH3 is 1. The highest BCUT2D eigenvalue weighted by Crippen LogP contribution is 2.26. The maximum atomic E-state index is 12.2. The molecule has 0 radical (unpaired) electrons. The molecule has 2 rings (SSSR count). The molecule has 0 saturated carbocycles. The van der Waals surface area contributed by atoms with E-state index in [1.165, 1.54) is 27.9 Å². The molecule has 0 saturated heterocycles. The van der Waals surface area contributed by atoms with Crippen LogP contribution < -0.4 is 21.5 Å². The van der Waals surface area contributed by atoms with E-state index in [1.807, 2.05) is 0 Å². The van der Waals surface area contributed by atoms with Crippen molar-refractivity contribution < 1.29 is 23.9 Å². The smallest absolute Gasteiger partial charge is 0.303 e. The van der Waals surface area contributed by atoms with Crippen LogP contribution in [0.3, 0.4) is 0 Å². The normalized spacial score (nSPS) is 19.7. The molecule has 0 spiro atoms. The highest BCUT2D eigenvalue weighted by atomic mass is 16.6. The van der Waals surface area contributed by atoms with Crippen molar-refractivity contribution in [2.45, 2.75) is 39.1 Å². The molecule has 25 heavy (non-hydrogen) atoms. The number of amides is 1. The molecule has 1 amide bonds. The van der Waals surface area contributed by atoms with Crippen LogP contribution >= 0.6 is 0 Å². The minimum absolute atomic E-state index is 0.0332. The first-order valence-corrected chi connectivity index (χ1v) is 7.38. The van der Waals surface area contributed by atoms with E-state index in [4.69, 9.17) is 9.47 Å². The lowest BCUT2D eigenvalue weighted by Gasteiger charge is -2.36. The Morgan fingerprint density at radius 2 is 1.88 bits per heavy atom. The SMILES string of the molecule is COC1Nc2nc(NC(C)=O)[nH]c(=O)c2NC1C(OC(C)=O)C(C)=O. The van der Waals surface area contributed by atoms with Crippen LogP contribution in [0.5, 0.6) is 0 Å². The Kier molecular flexibility index (Phi) is 5.37. The average Bonchev–Trinajstić information content (AvgIpc) is 2.50. The quantitative estimate of drug-likeness (QED) is 0.510. The van der Waals surface area contributed by atoms with Crippen LogP contribution in [0.4, 0.5) is 17.5 Å². The summed E-state index contributed by atoms with van der Waals surface area (Å²) in [6.45, 7) is 3.71. The average molecular weight is 353 g/mol. The molecule has 3 atom stereocenters. The van der Waals surface area contributed by atoms with Crippen molar-refractivity contribution in [2.24, 2.45) is 0 Å². The van der Waals surface area contributed by atoms with Gasteiger partial charge in [0.1, 0.15) is 11.7 Å². The van der Waals surface area contributed by atoms with Crippen LogP contribution in [-0.4, -0.2) is 53.1 Å². The maximum absolute atomic E-state index is 12.2. The van der Waals surface area contributed by atoms with Gasteiger partial charge in [-0.1, -0.05) is 0 Å². The lowest BCUT2D eigenvalue weighted by Crippen LogP contribution is -2.55. The number of rotatable bonds is 5. The van der Waals surface area contributed by atoms with Crippen molar-refractivity contribution in [1.82, 2.24) is 9.97 Å². The largest absolute Gasteiger partial charge is 0.452 e. The number of carbonyl (C=O) groups excluding carboxylic acids is 3. The topological polar surface area (TPSA) is 152 Å². The van der Waals surface area contributed by atoms with Gasteiger partial charge in [-0.25, -0.2) is 0 Å². The second-order valence-corrected chi connectivity index (χ2v) is 5.43. The first kappa shape index (κ1) is 18.4. The van der Waals surface area contributed by atoms with Gasteiger partial charge in [-0.15, -0.1) is 0 Å². The summed E-state index contributed by atoms with van der Waals surface area (Å²) >= 11 is 0. The van der Waals surface area contributed by atoms with Gasteiger partial charge in [-0.2, -0.15) is 4.98 Å². The molecule has 11 heteroatoms. The Hall–Kier alpha value is -2.95. The van der Waals surface area contributed by atoms with Crippen molar-refractivity contribution in [1.29, 1.82) is 0 Å². The standard InChI is InChI=1S/C14H19N5O6/c1-5(20)10(25-7(3)22)8-13(24-4)17-11-9(16-8)12(23)19-14(18-11)15-6(2)21/h8,10,13,16H,1-4H3,(H3,15,17,18,19,21,23). The molecule has 2 heterocycles. The second kappa shape index (κ2) is 7.30. The molecule has 0 aliphatic carbocycles. The van der Waals surface area contributed by atoms with Crippen LogP contribution in [-0.2, 0) is 23.9 Å². The van der Waals surface area contributed by atoms with Crippen molar-refractivity contribution in [3.63, 3.8) is 0 Å². The molecule has 1 aliphatic rings. The van der Waals surface area contributed by atoms with Crippen LogP contribution in [0.1, 0.15) is 20.8 Å². The van der Waals surface area contributed by atoms with Crippen LogP contribution in [0, 0.1) is 0 Å². The monoisotopic (exact) mass is 353 g/mol. The fourth-order valence-corrected chi connectivity index (χ4v) is 2.43. The number of aromatic nitrogens is 2. The minimum Gasteiger partial charge on any atom is -0.452 e. The van der Waals surface area contributed by atoms with Crippen LogP contribution in [0.15, 0.2) is 4.79 Å². The predicted molar refractivity (Wildman–Crippen MR) is 87.2 cm³/mol. The van der Waals surface area contributed by atoms with Crippen molar-refractivity contribution >= 4 is 35.1 Å². The number of esters is 1. The highest BCUT2D eigenvalue weighted by Gasteiger charge is 2.40. The van der Waals surface area contributed by atoms with E-state index >= 15 is 0 Å². The zero-order valence-corrected chi connectivity index (χ0v) is 14.1. The van der Waals surface area contributed by atoms with E-state index < -0.39 is 41.6 Å². The molecular formula is C14H19N5O6. The Labute approximate surface area is 142 Å². The Balaban J connectivity index is 2.40. The number of nitrogens with one attached hydrogen (secondary N) is 4. The Morgan fingerprint density at radius 1 is 1.20 bits per heavy atom. The zero-order valence-electron chi connectivity index (χ0n) is 14.1. The van der Waals surface area contributed by atoms with Gasteiger partial charge in [0.15, 0.2) is 23.9 Å². The van der Waals surface area contributed by atoms with E-state index in [9.17, 15) is 19.2 Å². The Bertz CT molecular complexity index is 761. The van der Waals surface area contributed by atoms with Gasteiger partial charge in [-0.3, -0.25) is 29.5 Å². The van der Waals surface area contributed by atoms with Crippen molar-refractivity contribution in [3.05, 3.63) is 10.4 Å². The van der Waals surface area contributed by atoms with Crippen molar-refractivity contribution in [3.8, 4) is 0 Å². The van der Waals surface area contributed by atoms with E-state index in [0.717, 1.165) is 0 Å². The van der Waals surface area contributed by atoms with E-state index in [1.54, 1.807) is 0 Å². The van der Waals surface area contributed by atoms with Gasteiger partial charge >= 0.3 is 5.97 Å². The van der Waals surface area contributed by atoms with Crippen LogP contribution in [0.25, 0.3) is 0 Å². The number of nitrogens with zero attached hydrogens (tertiary/aromatic N) is 1. The number of H-pyrrole nitrogens is 1. The molecule has 1 aliphatic heterocycles. The third-order valence-electron chi connectivity index (χ3n) is 3.40. The number of hydrogen-bond acceptors (Lipinski definition) is 9. The lowest BCUT2D eigenvalue weighted by molar-refractivity contribution is -0.154. The van der Waals surface area contributed by atoms with E-state index in [0.29, 0.717) is 0 Å². The molecule has 4 N–H and O–H groups in total. The summed E-state index contributed by atoms with van der Waals surface area (Å²) in [5.74, 6) is -1.38. The molecule has 0 aromatic carbocycles. The lowest BCUT2D eigenvalue weighted by atomic mass is 10.0. The van der Waals surface area contributed by atoms with Crippen molar-refractivity contribution in [2.75, 3.05) is 23.1 Å². The van der Waals surface area contributed by atoms with E-state index in [2.05, 4.69) is 25.9 Å². The molecule has 11 nitrogen and oxygen atoms in total. The van der Waals surface area contributed by atoms with Gasteiger partial charge in [0.05, 0.1) is 0 Å². The number of ether oxygens (including phenoxy) is 2. The summed E-state index contributed by atoms with van der Waals surface area (Å²) in [7, 11) is 1.38. The van der Waals surface area contributed by atoms with Gasteiger partial charge in [0.25, 0.3) is 5.56 Å². The summed E-state index contributed by atoms with van der Waals surface area (Å²) in [6, 6.07) is -0.853. The third kappa shape index (κ3) is 4.12. The number of anilines is 3. The molecule has 3 unspecified atom stereocenters. The number of fused-ring (bicyclic) bond motifs is 1. The molecule has 136 valence electrons. The number of ketones is 1. The summed E-state index contributed by atoms with van der Waals surface area (Å²) < 4.78 is 10.3. The summed E-state index contributed by atoms with van der Waals surface area (Å²) in [6.07, 6.45) is -1.99. The zero-order chi connectivity index (χ0) is 18.7. The first-order valence-electron chi connectivity index (χ1n) is 7.38. The molecule has 1 aromatic rings. The first-order chi connectivity index (χ1) is 11.7. The number of hydrogen-bond donors (Lipinski definition) is 4. The number of aromatic amines is 1. The minimum atomic E-state index is -1.17. The van der Waals surface area contributed by atoms with E-state index in [-0.39, 0.29) is 17.5 Å². The molecule has 0 bridgehead atoms. The van der Waals surface area contributed by atoms with Crippen LogP contribution in [0.2, 0.25) is 0 Å². The maximum Gasteiger partial charge on any atom is 0.303 e. The molecule has 1 aromatic heterocycles. The predicted octanol–water partition coefficient (Wildman–Crippen LogP) is -0.573. The summed E-state index contributed by atoms with van der Waals surface area (Å²) in [5, 5.41) is 8.05. The summed E-state index contributed by atoms with van der Waals surface area (Å²) in [4.78, 5) is 53.0. The van der Waals surface area contributed by atoms with Gasteiger partial charge < -0.3 is 20.1 Å². The van der Waals surface area contributed by atoms with Gasteiger partial charge in [-0.05, 0) is 6.92 Å². The van der Waals surface area contributed by atoms with Gasteiger partial charge in [0.2, 0.25) is 11.9 Å². The fraction of sp³-hybridized carbons (Fsp3) is 0.500. The molecule has 0 fully saturated rings.